The maximum atomic E-state index is 13.3. The standard InChI is InChI=1S/C17H20FNO3/c1-4-6-12(7-5-2)16(20)19-15(17(21)22)13-8-9-14(18)11(3)10-13/h4-5,8-10,12,15H,1-2,6-7H2,3H3,(H,19,20)(H,21,22). The smallest absolute Gasteiger partial charge is 0.330 e. The zero-order valence-electron chi connectivity index (χ0n) is 12.5. The number of nitrogens with one attached hydrogen (secondary N) is 1. The second kappa shape index (κ2) is 8.12. The van der Waals surface area contributed by atoms with E-state index in [2.05, 4.69) is 18.5 Å². The van der Waals surface area contributed by atoms with E-state index in [4.69, 9.17) is 0 Å². The molecule has 1 rings (SSSR count). The predicted octanol–water partition coefficient (Wildman–Crippen LogP) is 3.14. The Bertz CT molecular complexity index is 573. The van der Waals surface area contributed by atoms with Crippen LogP contribution in [0.15, 0.2) is 43.5 Å². The van der Waals surface area contributed by atoms with Crippen molar-refractivity contribution in [1.29, 1.82) is 0 Å². The van der Waals surface area contributed by atoms with Crippen LogP contribution in [0.5, 0.6) is 0 Å². The normalized spacial score (nSPS) is 11.8. The first-order valence-corrected chi connectivity index (χ1v) is 6.91. The van der Waals surface area contributed by atoms with Gasteiger partial charge in [0.05, 0.1) is 0 Å². The minimum absolute atomic E-state index is 0.326. The molecule has 1 aromatic carbocycles. The Morgan fingerprint density at radius 3 is 2.36 bits per heavy atom. The fraction of sp³-hybridized carbons (Fsp3) is 0.294. The molecule has 0 aliphatic rings. The number of hydrogen-bond acceptors (Lipinski definition) is 2. The molecule has 0 fully saturated rings. The van der Waals surface area contributed by atoms with Crippen LogP contribution in [0.25, 0.3) is 0 Å². The Hall–Kier alpha value is -2.43. The fourth-order valence-corrected chi connectivity index (χ4v) is 2.11. The molecule has 1 atom stereocenters. The number of amides is 1. The molecule has 0 aliphatic carbocycles. The molecule has 0 spiro atoms. The van der Waals surface area contributed by atoms with Crippen LogP contribution in [-0.4, -0.2) is 17.0 Å². The molecule has 2 N–H and O–H groups in total. The quantitative estimate of drug-likeness (QED) is 0.725. The molecular weight excluding hydrogens is 285 g/mol. The van der Waals surface area contributed by atoms with Crippen LogP contribution in [-0.2, 0) is 9.59 Å². The van der Waals surface area contributed by atoms with Crippen molar-refractivity contribution in [1.82, 2.24) is 5.32 Å². The number of carbonyl (C=O) groups is 2. The summed E-state index contributed by atoms with van der Waals surface area (Å²) < 4.78 is 13.3. The summed E-state index contributed by atoms with van der Waals surface area (Å²) in [6, 6.07) is 2.75. The SMILES string of the molecule is C=CCC(CC=C)C(=O)NC(C(=O)O)c1ccc(F)c(C)c1. The highest BCUT2D eigenvalue weighted by molar-refractivity contribution is 5.86. The molecule has 1 aromatic rings. The van der Waals surface area contributed by atoms with Gasteiger partial charge in [0.1, 0.15) is 5.82 Å². The van der Waals surface area contributed by atoms with Crippen molar-refractivity contribution in [3.63, 3.8) is 0 Å². The van der Waals surface area contributed by atoms with Gasteiger partial charge in [0, 0.05) is 5.92 Å². The molecule has 0 heterocycles. The van der Waals surface area contributed by atoms with E-state index >= 15 is 0 Å². The summed E-state index contributed by atoms with van der Waals surface area (Å²) in [5.41, 5.74) is 0.655. The summed E-state index contributed by atoms with van der Waals surface area (Å²) in [5, 5.41) is 11.8. The monoisotopic (exact) mass is 305 g/mol. The lowest BCUT2D eigenvalue weighted by Gasteiger charge is -2.19. The molecule has 0 bridgehead atoms. The van der Waals surface area contributed by atoms with Crippen LogP contribution < -0.4 is 5.32 Å². The number of carboxylic acids is 1. The Balaban J connectivity index is 2.98. The van der Waals surface area contributed by atoms with Crippen molar-refractivity contribution in [3.05, 3.63) is 60.5 Å². The van der Waals surface area contributed by atoms with Gasteiger partial charge in [-0.1, -0.05) is 24.3 Å². The predicted molar refractivity (Wildman–Crippen MR) is 82.8 cm³/mol. The molecule has 1 unspecified atom stereocenters. The minimum atomic E-state index is -1.22. The van der Waals surface area contributed by atoms with Crippen molar-refractivity contribution >= 4 is 11.9 Å². The molecule has 0 saturated carbocycles. The van der Waals surface area contributed by atoms with E-state index in [-0.39, 0.29) is 0 Å². The van der Waals surface area contributed by atoms with Crippen LogP contribution in [0.2, 0.25) is 0 Å². The average molecular weight is 305 g/mol. The van der Waals surface area contributed by atoms with Gasteiger partial charge in [-0.2, -0.15) is 0 Å². The highest BCUT2D eigenvalue weighted by Crippen LogP contribution is 2.19. The topological polar surface area (TPSA) is 66.4 Å². The maximum absolute atomic E-state index is 13.3. The van der Waals surface area contributed by atoms with E-state index < -0.39 is 29.7 Å². The van der Waals surface area contributed by atoms with Crippen molar-refractivity contribution in [2.75, 3.05) is 0 Å². The van der Waals surface area contributed by atoms with Crippen molar-refractivity contribution < 1.29 is 19.1 Å². The third-order valence-corrected chi connectivity index (χ3v) is 3.32. The second-order valence-electron chi connectivity index (χ2n) is 5.03. The van der Waals surface area contributed by atoms with Crippen LogP contribution in [0.3, 0.4) is 0 Å². The molecule has 0 aromatic heterocycles. The van der Waals surface area contributed by atoms with E-state index in [0.29, 0.717) is 24.0 Å². The molecular formula is C17H20FNO3. The summed E-state index contributed by atoms with van der Waals surface area (Å²) in [7, 11) is 0. The second-order valence-corrected chi connectivity index (χ2v) is 5.03. The van der Waals surface area contributed by atoms with Gasteiger partial charge in [0.15, 0.2) is 6.04 Å². The Labute approximate surface area is 129 Å². The molecule has 4 nitrogen and oxygen atoms in total. The van der Waals surface area contributed by atoms with Crippen molar-refractivity contribution in [2.45, 2.75) is 25.8 Å². The summed E-state index contributed by atoms with van der Waals surface area (Å²) in [6.45, 7) is 8.71. The third kappa shape index (κ3) is 4.55. The molecule has 22 heavy (non-hydrogen) atoms. The number of carboxylic acid groups (broad SMARTS) is 1. The van der Waals surface area contributed by atoms with Gasteiger partial charge < -0.3 is 10.4 Å². The van der Waals surface area contributed by atoms with Crippen LogP contribution in [0.4, 0.5) is 4.39 Å². The van der Waals surface area contributed by atoms with Crippen molar-refractivity contribution in [3.8, 4) is 0 Å². The molecule has 5 heteroatoms. The zero-order valence-corrected chi connectivity index (χ0v) is 12.5. The van der Waals surface area contributed by atoms with Gasteiger partial charge in [0.2, 0.25) is 5.91 Å². The van der Waals surface area contributed by atoms with Crippen molar-refractivity contribution in [2.24, 2.45) is 5.92 Å². The summed E-state index contributed by atoms with van der Waals surface area (Å²) in [4.78, 5) is 23.6. The van der Waals surface area contributed by atoms with E-state index in [1.165, 1.54) is 25.1 Å². The molecule has 0 aliphatic heterocycles. The van der Waals surface area contributed by atoms with E-state index in [9.17, 15) is 19.1 Å². The summed E-state index contributed by atoms with van der Waals surface area (Å²) in [6.07, 6.45) is 4.05. The van der Waals surface area contributed by atoms with E-state index in [1.54, 1.807) is 12.2 Å². The van der Waals surface area contributed by atoms with Crippen LogP contribution >= 0.6 is 0 Å². The maximum Gasteiger partial charge on any atom is 0.330 e. The lowest BCUT2D eigenvalue weighted by Crippen LogP contribution is -2.37. The Kier molecular flexibility index (Phi) is 6.50. The van der Waals surface area contributed by atoms with Crippen LogP contribution in [0.1, 0.15) is 30.0 Å². The number of aryl methyl sites for hydroxylation is 1. The largest absolute Gasteiger partial charge is 0.479 e. The van der Waals surface area contributed by atoms with Gasteiger partial charge in [-0.3, -0.25) is 4.79 Å². The average Bonchev–Trinajstić information content (AvgIpc) is 2.47. The molecule has 1 amide bonds. The minimum Gasteiger partial charge on any atom is -0.479 e. The number of benzene rings is 1. The first kappa shape index (κ1) is 17.6. The summed E-state index contributed by atoms with van der Waals surface area (Å²) >= 11 is 0. The van der Waals surface area contributed by atoms with Gasteiger partial charge in [-0.25, -0.2) is 9.18 Å². The lowest BCUT2D eigenvalue weighted by atomic mass is 9.98. The molecule has 0 saturated heterocycles. The van der Waals surface area contributed by atoms with Gasteiger partial charge in [-0.05, 0) is 37.0 Å². The zero-order chi connectivity index (χ0) is 16.7. The Morgan fingerprint density at radius 2 is 1.91 bits per heavy atom. The van der Waals surface area contributed by atoms with E-state index in [1.807, 2.05) is 0 Å². The number of hydrogen-bond donors (Lipinski definition) is 2. The molecule has 0 radical (unpaired) electrons. The number of allylic oxidation sites excluding steroid dienone is 2. The Morgan fingerprint density at radius 1 is 1.32 bits per heavy atom. The number of aliphatic carboxylic acids is 1. The highest BCUT2D eigenvalue weighted by atomic mass is 19.1. The first-order chi connectivity index (χ1) is 10.4. The third-order valence-electron chi connectivity index (χ3n) is 3.32. The lowest BCUT2D eigenvalue weighted by molar-refractivity contribution is -0.142. The number of rotatable bonds is 8. The van der Waals surface area contributed by atoms with E-state index in [0.717, 1.165) is 0 Å². The van der Waals surface area contributed by atoms with Gasteiger partial charge in [-0.15, -0.1) is 13.2 Å². The number of carbonyl (C=O) groups excluding carboxylic acids is 1. The number of halogens is 1. The first-order valence-electron chi connectivity index (χ1n) is 6.91. The molecule has 118 valence electrons. The van der Waals surface area contributed by atoms with Gasteiger partial charge >= 0.3 is 5.97 Å². The summed E-state index contributed by atoms with van der Waals surface area (Å²) in [5.74, 6) is -2.43. The fourth-order valence-electron chi connectivity index (χ4n) is 2.11. The highest BCUT2D eigenvalue weighted by Gasteiger charge is 2.25. The van der Waals surface area contributed by atoms with Gasteiger partial charge in [0.25, 0.3) is 0 Å². The van der Waals surface area contributed by atoms with Crippen LogP contribution in [0, 0.1) is 18.7 Å².